The number of nitrogens with zero attached hydrogens (tertiary/aromatic N) is 1. The summed E-state index contributed by atoms with van der Waals surface area (Å²) in [5, 5.41) is 4.19. The first-order valence-corrected chi connectivity index (χ1v) is 10.7. The van der Waals surface area contributed by atoms with Crippen LogP contribution < -0.4 is 5.32 Å². The first-order valence-electron chi connectivity index (χ1n) is 10.7. The highest BCUT2D eigenvalue weighted by molar-refractivity contribution is 5.91. The highest BCUT2D eigenvalue weighted by atomic mass is 19.1. The minimum atomic E-state index is -0.555. The van der Waals surface area contributed by atoms with Gasteiger partial charge in [-0.3, -0.25) is 9.59 Å². The Labute approximate surface area is 181 Å². The lowest BCUT2D eigenvalue weighted by molar-refractivity contribution is -0.135. The van der Waals surface area contributed by atoms with Gasteiger partial charge in [0.25, 0.3) is 0 Å². The number of fused-ring (bicyclic) bond motifs is 1. The number of amides is 2. The van der Waals surface area contributed by atoms with E-state index in [-0.39, 0.29) is 24.2 Å². The summed E-state index contributed by atoms with van der Waals surface area (Å²) in [4.78, 5) is 30.2. The lowest BCUT2D eigenvalue weighted by Crippen LogP contribution is -2.44. The lowest BCUT2D eigenvalue weighted by atomic mass is 10.0. The van der Waals surface area contributed by atoms with Crippen molar-refractivity contribution >= 4 is 22.7 Å². The summed E-state index contributed by atoms with van der Waals surface area (Å²) in [6.45, 7) is 6.83. The molecule has 6 heteroatoms. The minimum Gasteiger partial charge on any atom is -0.358 e. The van der Waals surface area contributed by atoms with Crippen molar-refractivity contribution in [2.24, 2.45) is 0 Å². The van der Waals surface area contributed by atoms with E-state index in [1.807, 2.05) is 0 Å². The van der Waals surface area contributed by atoms with Crippen molar-refractivity contribution in [3.8, 4) is 0 Å². The molecular weight excluding hydrogens is 393 g/mol. The number of hydrogen-bond acceptors (Lipinski definition) is 2. The number of carbonyl (C=O) groups excluding carboxylic acids is 2. The normalized spacial score (nSPS) is 16.3. The fourth-order valence-electron chi connectivity index (χ4n) is 4.60. The van der Waals surface area contributed by atoms with Crippen molar-refractivity contribution in [3.63, 3.8) is 0 Å². The number of hydrogen-bond donors (Lipinski definition) is 2. The predicted molar refractivity (Wildman–Crippen MR) is 119 cm³/mol. The molecule has 4 rings (SSSR count). The predicted octanol–water partition coefficient (Wildman–Crippen LogP) is 4.08. The molecule has 1 fully saturated rings. The Hall–Kier alpha value is -3.15. The van der Waals surface area contributed by atoms with Gasteiger partial charge in [0.15, 0.2) is 0 Å². The van der Waals surface area contributed by atoms with Crippen molar-refractivity contribution in [1.29, 1.82) is 0 Å². The number of nitrogens with one attached hydrogen (secondary N) is 2. The summed E-state index contributed by atoms with van der Waals surface area (Å²) in [5.41, 5.74) is 6.30. The van der Waals surface area contributed by atoms with E-state index >= 15 is 0 Å². The SMILES string of the molecule is Cc1cc(C)c2[nH]c(C)c(CCNC(=O)C3CCC(=O)N3Cc3ccccc3F)c2c1. The molecule has 1 aliphatic rings. The average molecular weight is 422 g/mol. The van der Waals surface area contributed by atoms with Crippen LogP contribution in [0.2, 0.25) is 0 Å². The van der Waals surface area contributed by atoms with Gasteiger partial charge in [-0.2, -0.15) is 0 Å². The van der Waals surface area contributed by atoms with Crippen molar-refractivity contribution in [1.82, 2.24) is 15.2 Å². The van der Waals surface area contributed by atoms with Crippen LogP contribution in [0.1, 0.15) is 40.8 Å². The van der Waals surface area contributed by atoms with Gasteiger partial charge in [0, 0.05) is 41.7 Å². The zero-order valence-corrected chi connectivity index (χ0v) is 18.2. The Bertz CT molecular complexity index is 1150. The van der Waals surface area contributed by atoms with Crippen LogP contribution in [0.4, 0.5) is 4.39 Å². The number of H-pyrrole nitrogens is 1. The monoisotopic (exact) mass is 421 g/mol. The average Bonchev–Trinajstić information content (AvgIpc) is 3.24. The highest BCUT2D eigenvalue weighted by Gasteiger charge is 2.36. The summed E-state index contributed by atoms with van der Waals surface area (Å²) in [6.07, 6.45) is 1.48. The zero-order valence-electron chi connectivity index (χ0n) is 18.2. The van der Waals surface area contributed by atoms with E-state index in [1.54, 1.807) is 18.2 Å². The largest absolute Gasteiger partial charge is 0.358 e. The molecule has 2 aromatic carbocycles. The van der Waals surface area contributed by atoms with Crippen LogP contribution in [0.15, 0.2) is 36.4 Å². The standard InChI is InChI=1S/C25H28FN3O2/c1-15-12-16(2)24-20(13-15)19(17(3)28-24)10-11-27-25(31)22-8-9-23(30)29(22)14-18-6-4-5-7-21(18)26/h4-7,12-13,22,28H,8-11,14H2,1-3H3,(H,27,31). The third-order valence-corrected chi connectivity index (χ3v) is 6.17. The van der Waals surface area contributed by atoms with Crippen molar-refractivity contribution < 1.29 is 14.0 Å². The molecule has 1 aromatic heterocycles. The number of rotatable bonds is 6. The molecule has 0 radical (unpaired) electrons. The van der Waals surface area contributed by atoms with Gasteiger partial charge in [0.1, 0.15) is 11.9 Å². The van der Waals surface area contributed by atoms with Gasteiger partial charge in [-0.25, -0.2) is 4.39 Å². The molecule has 0 aliphatic carbocycles. The first kappa shape index (κ1) is 21.1. The molecule has 31 heavy (non-hydrogen) atoms. The number of carbonyl (C=O) groups is 2. The Morgan fingerprint density at radius 3 is 2.77 bits per heavy atom. The molecule has 1 aliphatic heterocycles. The Morgan fingerprint density at radius 2 is 2.00 bits per heavy atom. The van der Waals surface area contributed by atoms with Crippen molar-refractivity contribution in [2.45, 2.75) is 52.6 Å². The molecule has 2 amide bonds. The maximum atomic E-state index is 14.0. The third kappa shape index (κ3) is 4.20. The van der Waals surface area contributed by atoms with Crippen LogP contribution in [0.5, 0.6) is 0 Å². The molecule has 5 nitrogen and oxygen atoms in total. The van der Waals surface area contributed by atoms with E-state index in [0.717, 1.165) is 11.2 Å². The second-order valence-electron chi connectivity index (χ2n) is 8.44. The topological polar surface area (TPSA) is 65.2 Å². The molecular formula is C25H28FN3O2. The van der Waals surface area contributed by atoms with E-state index in [2.05, 4.69) is 43.2 Å². The number of aryl methyl sites for hydroxylation is 3. The summed E-state index contributed by atoms with van der Waals surface area (Å²) in [5.74, 6) is -0.643. The van der Waals surface area contributed by atoms with Gasteiger partial charge in [0.05, 0.1) is 0 Å². The van der Waals surface area contributed by atoms with E-state index in [1.165, 1.54) is 33.0 Å². The van der Waals surface area contributed by atoms with E-state index in [9.17, 15) is 14.0 Å². The third-order valence-electron chi connectivity index (χ3n) is 6.17. The molecule has 2 heterocycles. The summed E-state index contributed by atoms with van der Waals surface area (Å²) in [7, 11) is 0. The number of aromatic amines is 1. The maximum Gasteiger partial charge on any atom is 0.242 e. The Balaban J connectivity index is 1.43. The molecule has 1 unspecified atom stereocenters. The lowest BCUT2D eigenvalue weighted by Gasteiger charge is -2.24. The maximum absolute atomic E-state index is 14.0. The Morgan fingerprint density at radius 1 is 1.23 bits per heavy atom. The smallest absolute Gasteiger partial charge is 0.242 e. The van der Waals surface area contributed by atoms with E-state index in [0.29, 0.717) is 31.4 Å². The first-order chi connectivity index (χ1) is 14.8. The number of halogens is 1. The molecule has 0 bridgehead atoms. The van der Waals surface area contributed by atoms with Gasteiger partial charge < -0.3 is 15.2 Å². The van der Waals surface area contributed by atoms with Crippen LogP contribution >= 0.6 is 0 Å². The molecule has 162 valence electrons. The Kier molecular flexibility index (Phi) is 5.81. The highest BCUT2D eigenvalue weighted by Crippen LogP contribution is 2.27. The molecule has 3 aromatic rings. The van der Waals surface area contributed by atoms with Gasteiger partial charge in [-0.05, 0) is 56.9 Å². The van der Waals surface area contributed by atoms with Crippen LogP contribution in [0, 0.1) is 26.6 Å². The van der Waals surface area contributed by atoms with Crippen LogP contribution in [0.25, 0.3) is 10.9 Å². The second kappa shape index (κ2) is 8.53. The number of likely N-dealkylation sites (tertiary alicyclic amines) is 1. The van der Waals surface area contributed by atoms with Crippen LogP contribution in [-0.2, 0) is 22.6 Å². The van der Waals surface area contributed by atoms with Crippen molar-refractivity contribution in [3.05, 3.63) is 70.2 Å². The van der Waals surface area contributed by atoms with Gasteiger partial charge in [-0.15, -0.1) is 0 Å². The van der Waals surface area contributed by atoms with E-state index in [4.69, 9.17) is 0 Å². The van der Waals surface area contributed by atoms with Gasteiger partial charge >= 0.3 is 0 Å². The van der Waals surface area contributed by atoms with Gasteiger partial charge in [0.2, 0.25) is 11.8 Å². The quantitative estimate of drug-likeness (QED) is 0.630. The minimum absolute atomic E-state index is 0.109. The molecule has 1 atom stereocenters. The fraction of sp³-hybridized carbons (Fsp3) is 0.360. The molecule has 0 saturated carbocycles. The van der Waals surface area contributed by atoms with Crippen LogP contribution in [0.3, 0.4) is 0 Å². The number of aromatic nitrogens is 1. The molecule has 0 spiro atoms. The second-order valence-corrected chi connectivity index (χ2v) is 8.44. The molecule has 2 N–H and O–H groups in total. The summed E-state index contributed by atoms with van der Waals surface area (Å²) >= 11 is 0. The fourth-order valence-corrected chi connectivity index (χ4v) is 4.60. The zero-order chi connectivity index (χ0) is 22.1. The van der Waals surface area contributed by atoms with Crippen LogP contribution in [-0.4, -0.2) is 34.3 Å². The summed E-state index contributed by atoms with van der Waals surface area (Å²) < 4.78 is 14.0. The molecule has 1 saturated heterocycles. The van der Waals surface area contributed by atoms with Crippen molar-refractivity contribution in [2.75, 3.05) is 6.54 Å². The van der Waals surface area contributed by atoms with Gasteiger partial charge in [-0.1, -0.05) is 29.8 Å². The summed E-state index contributed by atoms with van der Waals surface area (Å²) in [6, 6.07) is 10.2. The van der Waals surface area contributed by atoms with E-state index < -0.39 is 6.04 Å². The number of benzene rings is 2.